The van der Waals surface area contributed by atoms with Crippen LogP contribution in [0.3, 0.4) is 0 Å². The third kappa shape index (κ3) is 4.78. The van der Waals surface area contributed by atoms with Crippen molar-refractivity contribution in [2.45, 2.75) is 27.2 Å². The van der Waals surface area contributed by atoms with Gasteiger partial charge in [0.25, 0.3) is 5.91 Å². The van der Waals surface area contributed by atoms with Crippen molar-refractivity contribution in [1.82, 2.24) is 4.98 Å². The Morgan fingerprint density at radius 2 is 1.89 bits per heavy atom. The maximum atomic E-state index is 13.4. The molecule has 0 aliphatic rings. The average molecular weight is 496 g/mol. The van der Waals surface area contributed by atoms with Gasteiger partial charge < -0.3 is 9.52 Å². The Labute approximate surface area is 212 Å². The van der Waals surface area contributed by atoms with Crippen LogP contribution < -0.4 is 10.9 Å². The van der Waals surface area contributed by atoms with Crippen LogP contribution in [0.25, 0.3) is 22.2 Å². The number of fused-ring (bicyclic) bond motifs is 1. The first-order valence-electron chi connectivity index (χ1n) is 11.7. The zero-order valence-electron chi connectivity index (χ0n) is 20.2. The van der Waals surface area contributed by atoms with Crippen molar-refractivity contribution in [1.29, 1.82) is 0 Å². The van der Waals surface area contributed by atoms with Crippen LogP contribution in [0.2, 0.25) is 0 Å². The van der Waals surface area contributed by atoms with Gasteiger partial charge in [-0.2, -0.15) is 0 Å². The Morgan fingerprint density at radius 1 is 1.08 bits per heavy atom. The molecular formula is C29H25N3O3S. The van der Waals surface area contributed by atoms with Gasteiger partial charge in [-0.3, -0.25) is 10.1 Å². The highest BCUT2D eigenvalue weighted by atomic mass is 32.1. The van der Waals surface area contributed by atoms with E-state index in [0.29, 0.717) is 21.8 Å². The molecule has 2 aromatic heterocycles. The number of hydrogen-bond donors (Lipinski definition) is 2. The number of hydrogen-bond acceptors (Lipinski definition) is 6. The maximum absolute atomic E-state index is 13.4. The van der Waals surface area contributed by atoms with Crippen LogP contribution in [0.15, 0.2) is 81.5 Å². The van der Waals surface area contributed by atoms with Gasteiger partial charge >= 0.3 is 0 Å². The number of amides is 1. The molecule has 180 valence electrons. The number of aromatic nitrogens is 1. The number of nitrogens with zero attached hydrogens (tertiary/aromatic N) is 2. The van der Waals surface area contributed by atoms with Crippen molar-refractivity contribution in [3.8, 4) is 17.0 Å². The van der Waals surface area contributed by atoms with Gasteiger partial charge in [-0.15, -0.1) is 11.3 Å². The van der Waals surface area contributed by atoms with E-state index in [4.69, 9.17) is 4.42 Å². The standard InChI is InChI=1S/C29H25N3O3S/c1-4-19-8-10-20(11-9-19)25-16-36-29(31-25)32-27(34)23-14-21-12-13-22(33)15-26(21)35-28(23)30-24-7-5-6-17(2)18(24)3/h5-16,33H,4H2,1-3H3,(H,31,32,34). The lowest BCUT2D eigenvalue weighted by Crippen LogP contribution is -2.21. The molecule has 7 heteroatoms. The van der Waals surface area contributed by atoms with Crippen LogP contribution in [0.4, 0.5) is 10.8 Å². The number of phenols is 1. The molecule has 2 N–H and O–H groups in total. The highest BCUT2D eigenvalue weighted by molar-refractivity contribution is 7.14. The van der Waals surface area contributed by atoms with Crippen molar-refractivity contribution in [2.75, 3.05) is 5.32 Å². The lowest BCUT2D eigenvalue weighted by molar-refractivity contribution is 0.102. The molecule has 3 aromatic carbocycles. The highest BCUT2D eigenvalue weighted by Crippen LogP contribution is 2.27. The number of thiazole rings is 1. The molecule has 0 spiro atoms. The molecule has 5 aromatic rings. The van der Waals surface area contributed by atoms with E-state index in [1.54, 1.807) is 18.2 Å². The summed E-state index contributed by atoms with van der Waals surface area (Å²) in [5.74, 6) is -0.302. The van der Waals surface area contributed by atoms with Crippen molar-refractivity contribution in [3.63, 3.8) is 0 Å². The third-order valence-electron chi connectivity index (χ3n) is 6.16. The molecule has 0 unspecified atom stereocenters. The van der Waals surface area contributed by atoms with E-state index in [-0.39, 0.29) is 22.8 Å². The van der Waals surface area contributed by atoms with Crippen molar-refractivity contribution >= 4 is 39.0 Å². The topological polar surface area (TPSA) is 87.7 Å². The minimum absolute atomic E-state index is 0.0726. The number of carbonyl (C=O) groups is 1. The first-order valence-corrected chi connectivity index (χ1v) is 12.5. The highest BCUT2D eigenvalue weighted by Gasteiger charge is 2.16. The van der Waals surface area contributed by atoms with Gasteiger partial charge in [0.2, 0.25) is 5.55 Å². The molecule has 0 atom stereocenters. The number of phenolic OH excluding ortho intramolecular Hbond substituents is 1. The van der Waals surface area contributed by atoms with Crippen molar-refractivity contribution in [3.05, 3.63) is 99.9 Å². The van der Waals surface area contributed by atoms with Crippen LogP contribution >= 0.6 is 11.3 Å². The summed E-state index contributed by atoms with van der Waals surface area (Å²) in [6.45, 7) is 6.10. The minimum Gasteiger partial charge on any atom is -0.508 e. The molecule has 2 heterocycles. The first kappa shape index (κ1) is 23.5. The van der Waals surface area contributed by atoms with E-state index in [0.717, 1.165) is 28.8 Å². The predicted octanol–water partition coefficient (Wildman–Crippen LogP) is 6.93. The van der Waals surface area contributed by atoms with Crippen LogP contribution in [-0.2, 0) is 6.42 Å². The molecule has 0 radical (unpaired) electrons. The molecule has 5 rings (SSSR count). The molecule has 0 saturated carbocycles. The maximum Gasteiger partial charge on any atom is 0.262 e. The predicted molar refractivity (Wildman–Crippen MR) is 144 cm³/mol. The number of aryl methyl sites for hydroxylation is 2. The molecule has 0 aliphatic heterocycles. The second kappa shape index (κ2) is 9.79. The molecule has 1 amide bonds. The smallest absolute Gasteiger partial charge is 0.262 e. The van der Waals surface area contributed by atoms with Crippen LogP contribution in [0.1, 0.15) is 34.0 Å². The van der Waals surface area contributed by atoms with E-state index in [1.165, 1.54) is 23.0 Å². The fourth-order valence-corrected chi connectivity index (χ4v) is 4.57. The number of benzene rings is 3. The number of rotatable bonds is 5. The third-order valence-corrected chi connectivity index (χ3v) is 6.92. The summed E-state index contributed by atoms with van der Waals surface area (Å²) in [7, 11) is 0. The van der Waals surface area contributed by atoms with Gasteiger partial charge in [-0.1, -0.05) is 43.3 Å². The van der Waals surface area contributed by atoms with Gasteiger partial charge in [0.15, 0.2) is 5.13 Å². The SMILES string of the molecule is CCc1ccc(-c2csc(NC(=O)c3cc4ccc(O)cc4oc3=Nc3cccc(C)c3C)n2)cc1. The monoisotopic (exact) mass is 495 g/mol. The molecule has 0 bridgehead atoms. The molecule has 0 saturated heterocycles. The van der Waals surface area contributed by atoms with Gasteiger partial charge in [0.05, 0.1) is 11.4 Å². The van der Waals surface area contributed by atoms with Crippen molar-refractivity contribution in [2.24, 2.45) is 4.99 Å². The van der Waals surface area contributed by atoms with Gasteiger partial charge in [-0.05, 0) is 61.2 Å². The van der Waals surface area contributed by atoms with E-state index < -0.39 is 0 Å². The fraction of sp³-hybridized carbons (Fsp3) is 0.138. The number of carbonyl (C=O) groups excluding carboxylic acids is 1. The Morgan fingerprint density at radius 3 is 2.67 bits per heavy atom. The molecule has 36 heavy (non-hydrogen) atoms. The summed E-state index contributed by atoms with van der Waals surface area (Å²) >= 11 is 1.36. The van der Waals surface area contributed by atoms with Gasteiger partial charge in [0, 0.05) is 22.4 Å². The average Bonchev–Trinajstić information content (AvgIpc) is 3.34. The fourth-order valence-electron chi connectivity index (χ4n) is 3.86. The number of aromatic hydroxyl groups is 1. The lowest BCUT2D eigenvalue weighted by Gasteiger charge is -2.07. The summed E-state index contributed by atoms with van der Waals surface area (Å²) < 4.78 is 6.02. The Balaban J connectivity index is 1.53. The van der Waals surface area contributed by atoms with Crippen LogP contribution in [0.5, 0.6) is 5.75 Å². The van der Waals surface area contributed by atoms with Crippen LogP contribution in [-0.4, -0.2) is 16.0 Å². The normalized spacial score (nSPS) is 11.7. The zero-order chi connectivity index (χ0) is 25.2. The largest absolute Gasteiger partial charge is 0.508 e. The second-order valence-electron chi connectivity index (χ2n) is 8.56. The minimum atomic E-state index is -0.375. The second-order valence-corrected chi connectivity index (χ2v) is 9.42. The van der Waals surface area contributed by atoms with Gasteiger partial charge in [0.1, 0.15) is 16.9 Å². The Kier molecular flexibility index (Phi) is 6.40. The summed E-state index contributed by atoms with van der Waals surface area (Å²) in [5.41, 5.74) is 6.71. The first-order chi connectivity index (χ1) is 17.4. The number of nitrogens with one attached hydrogen (secondary N) is 1. The molecule has 6 nitrogen and oxygen atoms in total. The quantitative estimate of drug-likeness (QED) is 0.277. The summed E-state index contributed by atoms with van der Waals surface area (Å²) in [6.07, 6.45) is 0.977. The Bertz CT molecular complexity index is 1650. The molecule has 0 aliphatic carbocycles. The Hall–Kier alpha value is -4.23. The van der Waals surface area contributed by atoms with Gasteiger partial charge in [-0.25, -0.2) is 9.98 Å². The number of anilines is 1. The lowest BCUT2D eigenvalue weighted by atomic mass is 10.1. The summed E-state index contributed by atoms with van der Waals surface area (Å²) in [4.78, 5) is 22.7. The summed E-state index contributed by atoms with van der Waals surface area (Å²) in [5, 5.41) is 15.9. The van der Waals surface area contributed by atoms with E-state index in [9.17, 15) is 9.90 Å². The van der Waals surface area contributed by atoms with E-state index >= 15 is 0 Å². The van der Waals surface area contributed by atoms with Crippen LogP contribution in [0, 0.1) is 13.8 Å². The van der Waals surface area contributed by atoms with E-state index in [1.807, 2.05) is 49.6 Å². The van der Waals surface area contributed by atoms with E-state index in [2.05, 4.69) is 34.3 Å². The molecule has 0 fully saturated rings. The van der Waals surface area contributed by atoms with Crippen molar-refractivity contribution < 1.29 is 14.3 Å². The summed E-state index contributed by atoms with van der Waals surface area (Å²) in [6, 6.07) is 20.5. The molecular weight excluding hydrogens is 470 g/mol. The zero-order valence-corrected chi connectivity index (χ0v) is 21.0.